The van der Waals surface area contributed by atoms with Gasteiger partial charge in [0.15, 0.2) is 0 Å². The summed E-state index contributed by atoms with van der Waals surface area (Å²) in [4.78, 5) is 25.7. The molecule has 0 bridgehead atoms. The molecule has 2 amide bonds. The van der Waals surface area contributed by atoms with Crippen molar-refractivity contribution in [2.75, 3.05) is 13.1 Å². The SMILES string of the molecule is CC(C)C(=O)N1CCC(NC(=O)c2ccccc2)C1. The van der Waals surface area contributed by atoms with Gasteiger partial charge in [-0.3, -0.25) is 9.59 Å². The number of nitrogens with one attached hydrogen (secondary N) is 1. The average Bonchev–Trinajstić information content (AvgIpc) is 2.87. The summed E-state index contributed by atoms with van der Waals surface area (Å²) in [5.74, 6) is 0.115. The van der Waals surface area contributed by atoms with Crippen molar-refractivity contribution in [1.82, 2.24) is 10.2 Å². The van der Waals surface area contributed by atoms with Crippen LogP contribution in [0.1, 0.15) is 30.6 Å². The first kappa shape index (κ1) is 13.6. The second-order valence-electron chi connectivity index (χ2n) is 5.26. The Balaban J connectivity index is 1.89. The third-order valence-corrected chi connectivity index (χ3v) is 3.37. The summed E-state index contributed by atoms with van der Waals surface area (Å²) < 4.78 is 0. The van der Waals surface area contributed by atoms with E-state index in [0.717, 1.165) is 13.0 Å². The minimum Gasteiger partial charge on any atom is -0.347 e. The normalized spacial score (nSPS) is 18.7. The summed E-state index contributed by atoms with van der Waals surface area (Å²) in [6.45, 7) is 5.16. The summed E-state index contributed by atoms with van der Waals surface area (Å²) in [6, 6.07) is 9.23. The monoisotopic (exact) mass is 260 g/mol. The van der Waals surface area contributed by atoms with Gasteiger partial charge in [-0.25, -0.2) is 0 Å². The number of hydrogen-bond acceptors (Lipinski definition) is 2. The van der Waals surface area contributed by atoms with E-state index >= 15 is 0 Å². The van der Waals surface area contributed by atoms with Crippen LogP contribution in [0.5, 0.6) is 0 Å². The third-order valence-electron chi connectivity index (χ3n) is 3.37. The van der Waals surface area contributed by atoms with Crippen molar-refractivity contribution in [2.45, 2.75) is 26.3 Å². The van der Waals surface area contributed by atoms with Crippen molar-refractivity contribution >= 4 is 11.8 Å². The zero-order valence-electron chi connectivity index (χ0n) is 11.4. The van der Waals surface area contributed by atoms with Crippen LogP contribution in [0, 0.1) is 5.92 Å². The minimum atomic E-state index is -0.0653. The molecule has 1 aromatic rings. The second-order valence-corrected chi connectivity index (χ2v) is 5.26. The van der Waals surface area contributed by atoms with Crippen LogP contribution < -0.4 is 5.32 Å². The van der Waals surface area contributed by atoms with E-state index < -0.39 is 0 Å². The highest BCUT2D eigenvalue weighted by Gasteiger charge is 2.28. The van der Waals surface area contributed by atoms with Crippen LogP contribution in [0.2, 0.25) is 0 Å². The van der Waals surface area contributed by atoms with Crippen molar-refractivity contribution in [3.63, 3.8) is 0 Å². The Morgan fingerprint density at radius 1 is 1.26 bits per heavy atom. The van der Waals surface area contributed by atoms with Gasteiger partial charge in [-0.15, -0.1) is 0 Å². The summed E-state index contributed by atoms with van der Waals surface area (Å²) >= 11 is 0. The fourth-order valence-corrected chi connectivity index (χ4v) is 2.30. The topological polar surface area (TPSA) is 49.4 Å². The third kappa shape index (κ3) is 3.34. The lowest BCUT2D eigenvalue weighted by molar-refractivity contribution is -0.133. The molecule has 0 spiro atoms. The molecule has 19 heavy (non-hydrogen) atoms. The van der Waals surface area contributed by atoms with Gasteiger partial charge in [-0.1, -0.05) is 32.0 Å². The van der Waals surface area contributed by atoms with Gasteiger partial charge < -0.3 is 10.2 Å². The van der Waals surface area contributed by atoms with E-state index in [-0.39, 0.29) is 23.8 Å². The number of amides is 2. The molecule has 2 rings (SSSR count). The Morgan fingerprint density at radius 3 is 2.58 bits per heavy atom. The van der Waals surface area contributed by atoms with E-state index in [4.69, 9.17) is 0 Å². The lowest BCUT2D eigenvalue weighted by atomic mass is 10.2. The Kier molecular flexibility index (Phi) is 4.20. The molecule has 4 nitrogen and oxygen atoms in total. The first-order valence-corrected chi connectivity index (χ1v) is 6.72. The highest BCUT2D eigenvalue weighted by molar-refractivity contribution is 5.94. The van der Waals surface area contributed by atoms with Gasteiger partial charge in [0.1, 0.15) is 0 Å². The Hall–Kier alpha value is -1.84. The quantitative estimate of drug-likeness (QED) is 0.898. The van der Waals surface area contributed by atoms with Crippen LogP contribution in [-0.4, -0.2) is 35.8 Å². The molecular weight excluding hydrogens is 240 g/mol. The van der Waals surface area contributed by atoms with Gasteiger partial charge in [-0.05, 0) is 18.6 Å². The molecule has 0 saturated carbocycles. The predicted octanol–water partition coefficient (Wildman–Crippen LogP) is 1.67. The summed E-state index contributed by atoms with van der Waals surface area (Å²) in [5.41, 5.74) is 0.663. The number of rotatable bonds is 3. The maximum Gasteiger partial charge on any atom is 0.251 e. The molecule has 0 aromatic heterocycles. The van der Waals surface area contributed by atoms with Crippen molar-refractivity contribution in [1.29, 1.82) is 0 Å². The molecule has 4 heteroatoms. The van der Waals surface area contributed by atoms with E-state index in [1.165, 1.54) is 0 Å². The van der Waals surface area contributed by atoms with E-state index in [1.54, 1.807) is 12.1 Å². The zero-order valence-corrected chi connectivity index (χ0v) is 11.4. The van der Waals surface area contributed by atoms with Gasteiger partial charge in [0.25, 0.3) is 5.91 Å². The fourth-order valence-electron chi connectivity index (χ4n) is 2.30. The number of carbonyl (C=O) groups is 2. The van der Waals surface area contributed by atoms with E-state index in [0.29, 0.717) is 12.1 Å². The molecule has 1 aliphatic rings. The molecule has 1 atom stereocenters. The zero-order chi connectivity index (χ0) is 13.8. The van der Waals surface area contributed by atoms with E-state index in [2.05, 4.69) is 5.32 Å². The molecule has 1 aliphatic heterocycles. The fraction of sp³-hybridized carbons (Fsp3) is 0.467. The van der Waals surface area contributed by atoms with Crippen molar-refractivity contribution in [2.24, 2.45) is 5.92 Å². The molecule has 0 radical (unpaired) electrons. The maximum absolute atomic E-state index is 12.0. The van der Waals surface area contributed by atoms with Gasteiger partial charge in [0.05, 0.1) is 0 Å². The predicted molar refractivity (Wildman–Crippen MR) is 73.7 cm³/mol. The van der Waals surface area contributed by atoms with Crippen LogP contribution in [0.15, 0.2) is 30.3 Å². The molecule has 0 aliphatic carbocycles. The minimum absolute atomic E-state index is 0.0172. The van der Waals surface area contributed by atoms with Gasteiger partial charge >= 0.3 is 0 Å². The van der Waals surface area contributed by atoms with Gasteiger partial charge in [0.2, 0.25) is 5.91 Å². The molecular formula is C15H20N2O2. The van der Waals surface area contributed by atoms with Crippen molar-refractivity contribution in [3.05, 3.63) is 35.9 Å². The van der Waals surface area contributed by atoms with Crippen molar-refractivity contribution in [3.8, 4) is 0 Å². The summed E-state index contributed by atoms with van der Waals surface area (Å²) in [7, 11) is 0. The maximum atomic E-state index is 12.0. The highest BCUT2D eigenvalue weighted by Crippen LogP contribution is 2.13. The molecule has 102 valence electrons. The largest absolute Gasteiger partial charge is 0.347 e. The first-order chi connectivity index (χ1) is 9.08. The molecule has 1 saturated heterocycles. The average molecular weight is 260 g/mol. The van der Waals surface area contributed by atoms with Crippen LogP contribution in [0.3, 0.4) is 0 Å². The lowest BCUT2D eigenvalue weighted by Gasteiger charge is -2.19. The van der Waals surface area contributed by atoms with E-state index in [1.807, 2.05) is 36.9 Å². The Bertz CT molecular complexity index is 456. The Labute approximate surface area is 113 Å². The summed E-state index contributed by atoms with van der Waals surface area (Å²) in [6.07, 6.45) is 0.830. The summed E-state index contributed by atoms with van der Waals surface area (Å²) in [5, 5.41) is 2.99. The Morgan fingerprint density at radius 2 is 1.95 bits per heavy atom. The molecule has 1 unspecified atom stereocenters. The standard InChI is InChI=1S/C15H20N2O2/c1-11(2)15(19)17-9-8-13(10-17)16-14(18)12-6-4-3-5-7-12/h3-7,11,13H,8-10H2,1-2H3,(H,16,18). The number of likely N-dealkylation sites (tertiary alicyclic amines) is 1. The highest BCUT2D eigenvalue weighted by atomic mass is 16.2. The molecule has 1 N–H and O–H groups in total. The number of nitrogens with zero attached hydrogens (tertiary/aromatic N) is 1. The molecule has 1 heterocycles. The lowest BCUT2D eigenvalue weighted by Crippen LogP contribution is -2.39. The molecule has 1 aromatic carbocycles. The van der Waals surface area contributed by atoms with Crippen LogP contribution >= 0.6 is 0 Å². The van der Waals surface area contributed by atoms with Gasteiger partial charge in [-0.2, -0.15) is 0 Å². The van der Waals surface area contributed by atoms with E-state index in [9.17, 15) is 9.59 Å². The van der Waals surface area contributed by atoms with Gasteiger partial charge in [0, 0.05) is 30.6 Å². The second kappa shape index (κ2) is 5.87. The van der Waals surface area contributed by atoms with Crippen LogP contribution in [0.25, 0.3) is 0 Å². The number of hydrogen-bond donors (Lipinski definition) is 1. The van der Waals surface area contributed by atoms with Crippen molar-refractivity contribution < 1.29 is 9.59 Å². The molecule has 1 fully saturated rings. The smallest absolute Gasteiger partial charge is 0.251 e. The van der Waals surface area contributed by atoms with Crippen LogP contribution in [0.4, 0.5) is 0 Å². The first-order valence-electron chi connectivity index (χ1n) is 6.72. The number of benzene rings is 1. The number of carbonyl (C=O) groups excluding carboxylic acids is 2. The van der Waals surface area contributed by atoms with Crippen LogP contribution in [-0.2, 0) is 4.79 Å².